The van der Waals surface area contributed by atoms with Gasteiger partial charge in [0.25, 0.3) is 0 Å². The zero-order valence-corrected chi connectivity index (χ0v) is 13.3. The van der Waals surface area contributed by atoms with Gasteiger partial charge in [-0.05, 0) is 54.2 Å². The zero-order chi connectivity index (χ0) is 16.1. The van der Waals surface area contributed by atoms with Gasteiger partial charge < -0.3 is 10.5 Å². The first-order valence-corrected chi connectivity index (χ1v) is 8.34. The summed E-state index contributed by atoms with van der Waals surface area (Å²) in [5.41, 5.74) is 8.21. The third-order valence-electron chi connectivity index (χ3n) is 4.60. The summed E-state index contributed by atoms with van der Waals surface area (Å²) in [5, 5.41) is 0. The Morgan fingerprint density at radius 1 is 0.957 bits per heavy atom. The molecule has 0 saturated heterocycles. The topological polar surface area (TPSA) is 52.3 Å². The van der Waals surface area contributed by atoms with Crippen molar-refractivity contribution in [2.75, 3.05) is 0 Å². The molecular formula is C20H23NO2. The highest BCUT2D eigenvalue weighted by atomic mass is 16.5. The van der Waals surface area contributed by atoms with Gasteiger partial charge in [-0.2, -0.15) is 0 Å². The van der Waals surface area contributed by atoms with Crippen molar-refractivity contribution >= 4 is 5.91 Å². The predicted molar refractivity (Wildman–Crippen MR) is 91.6 cm³/mol. The van der Waals surface area contributed by atoms with E-state index >= 15 is 0 Å². The van der Waals surface area contributed by atoms with Crippen LogP contribution in [-0.4, -0.2) is 5.91 Å². The second kappa shape index (κ2) is 7.32. The van der Waals surface area contributed by atoms with Crippen LogP contribution >= 0.6 is 0 Å². The van der Waals surface area contributed by atoms with Crippen molar-refractivity contribution in [3.8, 4) is 5.75 Å². The van der Waals surface area contributed by atoms with Crippen molar-refractivity contribution in [1.29, 1.82) is 0 Å². The number of hydrogen-bond donors (Lipinski definition) is 1. The van der Waals surface area contributed by atoms with Crippen LogP contribution in [0.15, 0.2) is 48.5 Å². The summed E-state index contributed by atoms with van der Waals surface area (Å²) < 4.78 is 5.82. The second-order valence-corrected chi connectivity index (χ2v) is 6.25. The number of primary amides is 1. The smallest absolute Gasteiger partial charge is 0.248 e. The molecule has 3 rings (SSSR count). The highest BCUT2D eigenvalue weighted by Crippen LogP contribution is 2.33. The lowest BCUT2D eigenvalue weighted by molar-refractivity contribution is 0.1000. The summed E-state index contributed by atoms with van der Waals surface area (Å²) in [7, 11) is 0. The highest BCUT2D eigenvalue weighted by Gasteiger charge is 2.15. The summed E-state index contributed by atoms with van der Waals surface area (Å²) in [6.45, 7) is 0.488. The van der Waals surface area contributed by atoms with Crippen molar-refractivity contribution in [3.05, 3.63) is 65.2 Å². The van der Waals surface area contributed by atoms with Crippen LogP contribution in [0.2, 0.25) is 0 Å². The maximum absolute atomic E-state index is 11.0. The van der Waals surface area contributed by atoms with E-state index in [2.05, 4.69) is 24.3 Å². The molecule has 3 heteroatoms. The fourth-order valence-electron chi connectivity index (χ4n) is 3.20. The normalized spacial score (nSPS) is 15.3. The number of hydrogen-bond acceptors (Lipinski definition) is 2. The van der Waals surface area contributed by atoms with Gasteiger partial charge in [-0.25, -0.2) is 0 Å². The minimum Gasteiger partial charge on any atom is -0.489 e. The van der Waals surface area contributed by atoms with E-state index in [0.717, 1.165) is 17.2 Å². The van der Waals surface area contributed by atoms with Crippen LogP contribution in [0, 0.1) is 0 Å². The molecule has 0 unspecified atom stereocenters. The van der Waals surface area contributed by atoms with Crippen LogP contribution in [-0.2, 0) is 6.61 Å². The lowest BCUT2D eigenvalue weighted by Gasteiger charge is -2.22. The number of nitrogens with two attached hydrogens (primary N) is 1. The van der Waals surface area contributed by atoms with E-state index in [4.69, 9.17) is 10.5 Å². The first-order valence-electron chi connectivity index (χ1n) is 8.34. The molecule has 0 radical (unpaired) electrons. The molecule has 2 aromatic carbocycles. The van der Waals surface area contributed by atoms with Gasteiger partial charge in [0.15, 0.2) is 0 Å². The van der Waals surface area contributed by atoms with Crippen molar-refractivity contribution in [2.24, 2.45) is 5.73 Å². The fourth-order valence-corrected chi connectivity index (χ4v) is 3.20. The van der Waals surface area contributed by atoms with Gasteiger partial charge in [0, 0.05) is 5.56 Å². The Morgan fingerprint density at radius 3 is 2.22 bits per heavy atom. The molecule has 2 N–H and O–H groups in total. The molecular weight excluding hydrogens is 286 g/mol. The summed E-state index contributed by atoms with van der Waals surface area (Å²) >= 11 is 0. The first-order chi connectivity index (χ1) is 11.2. The molecule has 0 aromatic heterocycles. The van der Waals surface area contributed by atoms with Crippen LogP contribution in [0.4, 0.5) is 0 Å². The summed E-state index contributed by atoms with van der Waals surface area (Å²) in [4.78, 5) is 11.0. The van der Waals surface area contributed by atoms with Gasteiger partial charge in [-0.15, -0.1) is 0 Å². The third-order valence-corrected chi connectivity index (χ3v) is 4.60. The van der Waals surface area contributed by atoms with Crippen molar-refractivity contribution in [3.63, 3.8) is 0 Å². The van der Waals surface area contributed by atoms with Crippen molar-refractivity contribution < 1.29 is 9.53 Å². The van der Waals surface area contributed by atoms with Crippen molar-refractivity contribution in [1.82, 2.24) is 0 Å². The van der Waals surface area contributed by atoms with Gasteiger partial charge in [-0.1, -0.05) is 43.5 Å². The quantitative estimate of drug-likeness (QED) is 0.889. The van der Waals surface area contributed by atoms with E-state index in [1.807, 2.05) is 12.1 Å². The molecule has 0 spiro atoms. The Labute approximate surface area is 137 Å². The van der Waals surface area contributed by atoms with Crippen LogP contribution in [0.3, 0.4) is 0 Å². The Kier molecular flexibility index (Phi) is 4.96. The lowest BCUT2D eigenvalue weighted by atomic mass is 9.84. The second-order valence-electron chi connectivity index (χ2n) is 6.25. The number of rotatable bonds is 5. The van der Waals surface area contributed by atoms with E-state index in [-0.39, 0.29) is 0 Å². The van der Waals surface area contributed by atoms with Crippen LogP contribution in [0.25, 0.3) is 0 Å². The largest absolute Gasteiger partial charge is 0.489 e. The molecule has 3 nitrogen and oxygen atoms in total. The molecule has 1 aliphatic rings. The van der Waals surface area contributed by atoms with Crippen LogP contribution in [0.5, 0.6) is 5.75 Å². The number of carbonyl (C=O) groups excluding carboxylic acids is 1. The molecule has 0 heterocycles. The molecule has 2 aromatic rings. The van der Waals surface area contributed by atoms with E-state index in [1.165, 1.54) is 37.7 Å². The Bertz CT molecular complexity index is 640. The molecule has 0 bridgehead atoms. The fraction of sp³-hybridized carbons (Fsp3) is 0.350. The van der Waals surface area contributed by atoms with E-state index < -0.39 is 5.91 Å². The Hall–Kier alpha value is -2.29. The maximum Gasteiger partial charge on any atom is 0.248 e. The SMILES string of the molecule is NC(=O)c1ccc(COc2ccc(C3CCCCC3)cc2)cc1. The average Bonchev–Trinajstić information content (AvgIpc) is 2.61. The third kappa shape index (κ3) is 4.13. The molecule has 23 heavy (non-hydrogen) atoms. The maximum atomic E-state index is 11.0. The minimum absolute atomic E-state index is 0.407. The molecule has 0 aliphatic heterocycles. The highest BCUT2D eigenvalue weighted by molar-refractivity contribution is 5.92. The van der Waals surface area contributed by atoms with Gasteiger partial charge in [0.05, 0.1) is 0 Å². The van der Waals surface area contributed by atoms with Gasteiger partial charge >= 0.3 is 0 Å². The van der Waals surface area contributed by atoms with Gasteiger partial charge in [-0.3, -0.25) is 4.79 Å². The molecule has 1 fully saturated rings. The van der Waals surface area contributed by atoms with E-state index in [0.29, 0.717) is 12.2 Å². The minimum atomic E-state index is -0.407. The summed E-state index contributed by atoms with van der Waals surface area (Å²) in [6, 6.07) is 15.7. The lowest BCUT2D eigenvalue weighted by Crippen LogP contribution is -2.10. The average molecular weight is 309 g/mol. The molecule has 1 amide bonds. The zero-order valence-electron chi connectivity index (χ0n) is 13.3. The van der Waals surface area contributed by atoms with E-state index in [1.54, 1.807) is 12.1 Å². The van der Waals surface area contributed by atoms with Crippen molar-refractivity contribution in [2.45, 2.75) is 44.6 Å². The van der Waals surface area contributed by atoms with Crippen LogP contribution < -0.4 is 10.5 Å². The number of carbonyl (C=O) groups is 1. The summed E-state index contributed by atoms with van der Waals surface area (Å²) in [5.74, 6) is 1.19. The van der Waals surface area contributed by atoms with Gasteiger partial charge in [0.1, 0.15) is 12.4 Å². The van der Waals surface area contributed by atoms with Crippen LogP contribution in [0.1, 0.15) is 59.5 Å². The number of amides is 1. The molecule has 1 saturated carbocycles. The summed E-state index contributed by atoms with van der Waals surface area (Å²) in [6.07, 6.45) is 6.71. The Balaban J connectivity index is 1.56. The predicted octanol–water partition coefficient (Wildman–Crippen LogP) is 4.41. The molecule has 120 valence electrons. The first kappa shape index (κ1) is 15.6. The van der Waals surface area contributed by atoms with E-state index in [9.17, 15) is 4.79 Å². The Morgan fingerprint density at radius 2 is 1.61 bits per heavy atom. The number of ether oxygens (including phenoxy) is 1. The standard InChI is InChI=1S/C20H23NO2/c21-20(22)18-8-6-15(7-9-18)14-23-19-12-10-17(11-13-19)16-4-2-1-3-5-16/h6-13,16H,1-5,14H2,(H2,21,22). The van der Waals surface area contributed by atoms with Gasteiger partial charge in [0.2, 0.25) is 5.91 Å². The molecule has 1 aliphatic carbocycles. The number of benzene rings is 2. The molecule has 0 atom stereocenters. The monoisotopic (exact) mass is 309 g/mol.